The normalized spacial score (nSPS) is 10.7. The minimum absolute atomic E-state index is 0.129. The van der Waals surface area contributed by atoms with E-state index in [9.17, 15) is 9.59 Å². The smallest absolute Gasteiger partial charge is 0.253 e. The Hall–Kier alpha value is -3.55. The van der Waals surface area contributed by atoms with Crippen LogP contribution < -0.4 is 10.6 Å². The van der Waals surface area contributed by atoms with Gasteiger partial charge in [0.1, 0.15) is 0 Å². The number of carbonyl (C=O) groups excluding carboxylic acids is 2. The molecule has 2 N–H and O–H groups in total. The summed E-state index contributed by atoms with van der Waals surface area (Å²) in [6, 6.07) is 7.27. The number of hydrogen-bond acceptors (Lipinski definition) is 5. The van der Waals surface area contributed by atoms with E-state index in [1.165, 1.54) is 0 Å². The van der Waals surface area contributed by atoms with Gasteiger partial charge in [-0.2, -0.15) is 5.10 Å². The van der Waals surface area contributed by atoms with Crippen LogP contribution in [0, 0.1) is 34.6 Å². The van der Waals surface area contributed by atoms with Crippen molar-refractivity contribution in [3.05, 3.63) is 63.7 Å². The van der Waals surface area contributed by atoms with Crippen molar-refractivity contribution in [2.75, 3.05) is 12.4 Å². The molecule has 0 aliphatic rings. The molecule has 0 aliphatic heterocycles. The van der Waals surface area contributed by atoms with Gasteiger partial charge in [-0.3, -0.25) is 9.59 Å². The number of amides is 2. The number of rotatable bonds is 5. The number of carbonyl (C=O) groups is 2. The van der Waals surface area contributed by atoms with Crippen molar-refractivity contribution in [3.63, 3.8) is 0 Å². The fourth-order valence-electron chi connectivity index (χ4n) is 3.48. The molecule has 3 rings (SSSR count). The highest BCUT2D eigenvalue weighted by Gasteiger charge is 2.20. The third-order valence-electron chi connectivity index (χ3n) is 4.94. The molecule has 0 bridgehead atoms. The Kier molecular flexibility index (Phi) is 5.96. The topological polar surface area (TPSA) is 102 Å². The molecule has 30 heavy (non-hydrogen) atoms. The van der Waals surface area contributed by atoms with Crippen molar-refractivity contribution < 1.29 is 9.59 Å². The van der Waals surface area contributed by atoms with Crippen LogP contribution in [0.3, 0.4) is 0 Å². The van der Waals surface area contributed by atoms with Gasteiger partial charge < -0.3 is 10.6 Å². The van der Waals surface area contributed by atoms with Crippen LogP contribution in [0.25, 0.3) is 5.95 Å². The quantitative estimate of drug-likeness (QED) is 0.678. The van der Waals surface area contributed by atoms with Gasteiger partial charge in [-0.15, -0.1) is 0 Å². The molecule has 2 amide bonds. The van der Waals surface area contributed by atoms with E-state index in [0.717, 1.165) is 33.9 Å². The fourth-order valence-corrected chi connectivity index (χ4v) is 3.48. The molecule has 2 aromatic heterocycles. The van der Waals surface area contributed by atoms with Gasteiger partial charge in [0.25, 0.3) is 11.9 Å². The summed E-state index contributed by atoms with van der Waals surface area (Å²) in [5, 5.41) is 10.0. The van der Waals surface area contributed by atoms with E-state index in [2.05, 4.69) is 25.7 Å². The first kappa shape index (κ1) is 21.2. The first-order valence-electron chi connectivity index (χ1n) is 9.70. The molecule has 0 unspecified atom stereocenters. The monoisotopic (exact) mass is 406 g/mol. The average Bonchev–Trinajstić information content (AvgIpc) is 2.95. The van der Waals surface area contributed by atoms with Crippen LogP contribution in [0.1, 0.15) is 44.3 Å². The van der Waals surface area contributed by atoms with Crippen LogP contribution in [0.15, 0.2) is 24.3 Å². The molecule has 8 heteroatoms. The Balaban J connectivity index is 1.88. The fraction of sp³-hybridized carbons (Fsp3) is 0.318. The number of nitrogens with one attached hydrogen (secondary N) is 2. The Morgan fingerprint density at radius 2 is 1.70 bits per heavy atom. The minimum atomic E-state index is -0.240. The maximum atomic E-state index is 12.8. The largest absolute Gasteiger partial charge is 0.355 e. The Bertz CT molecular complexity index is 1110. The minimum Gasteiger partial charge on any atom is -0.355 e. The SMILES string of the molecule is CNC(=O)c1c(C)cccc1NC(=O)Cc1c(C)nn(-c2nc(C)cc(C)n2)c1C. The second-order valence-corrected chi connectivity index (χ2v) is 7.31. The lowest BCUT2D eigenvalue weighted by Crippen LogP contribution is -2.23. The van der Waals surface area contributed by atoms with Gasteiger partial charge in [0.05, 0.1) is 23.4 Å². The third kappa shape index (κ3) is 4.22. The van der Waals surface area contributed by atoms with Gasteiger partial charge in [0, 0.05) is 29.7 Å². The molecule has 1 aromatic carbocycles. The highest BCUT2D eigenvalue weighted by atomic mass is 16.2. The number of benzene rings is 1. The number of aromatic nitrogens is 4. The van der Waals surface area contributed by atoms with Gasteiger partial charge in [-0.05, 0) is 52.3 Å². The van der Waals surface area contributed by atoms with Gasteiger partial charge in [-0.25, -0.2) is 14.6 Å². The van der Waals surface area contributed by atoms with Crippen molar-refractivity contribution in [1.29, 1.82) is 0 Å². The van der Waals surface area contributed by atoms with Crippen molar-refractivity contribution in [2.24, 2.45) is 0 Å². The summed E-state index contributed by atoms with van der Waals surface area (Å²) in [4.78, 5) is 34.0. The lowest BCUT2D eigenvalue weighted by molar-refractivity contribution is -0.115. The summed E-state index contributed by atoms with van der Waals surface area (Å²) in [5.41, 5.74) is 5.80. The molecule has 0 spiro atoms. The van der Waals surface area contributed by atoms with E-state index < -0.39 is 0 Å². The second-order valence-electron chi connectivity index (χ2n) is 7.31. The number of aryl methyl sites for hydroxylation is 4. The predicted molar refractivity (Wildman–Crippen MR) is 115 cm³/mol. The summed E-state index contributed by atoms with van der Waals surface area (Å²) < 4.78 is 1.67. The Labute approximate surface area is 175 Å². The summed E-state index contributed by atoms with van der Waals surface area (Å²) in [7, 11) is 1.57. The molecule has 0 saturated carbocycles. The van der Waals surface area contributed by atoms with E-state index >= 15 is 0 Å². The van der Waals surface area contributed by atoms with E-state index in [1.54, 1.807) is 17.8 Å². The lowest BCUT2D eigenvalue weighted by atomic mass is 10.0. The predicted octanol–water partition coefficient (Wildman–Crippen LogP) is 2.75. The summed E-state index contributed by atoms with van der Waals surface area (Å²) >= 11 is 0. The molecule has 3 aromatic rings. The molecular formula is C22H26N6O2. The molecule has 8 nitrogen and oxygen atoms in total. The highest BCUT2D eigenvalue weighted by molar-refractivity contribution is 6.05. The molecule has 2 heterocycles. The maximum absolute atomic E-state index is 12.8. The Morgan fingerprint density at radius 3 is 2.33 bits per heavy atom. The van der Waals surface area contributed by atoms with E-state index in [1.807, 2.05) is 52.8 Å². The number of anilines is 1. The average molecular weight is 406 g/mol. The molecule has 156 valence electrons. The van der Waals surface area contributed by atoms with Crippen LogP contribution in [0.4, 0.5) is 5.69 Å². The van der Waals surface area contributed by atoms with Gasteiger partial charge >= 0.3 is 0 Å². The first-order valence-corrected chi connectivity index (χ1v) is 9.70. The van der Waals surface area contributed by atoms with Crippen LogP contribution in [0.5, 0.6) is 0 Å². The van der Waals surface area contributed by atoms with Crippen LogP contribution in [0.2, 0.25) is 0 Å². The number of nitrogens with zero attached hydrogens (tertiary/aromatic N) is 4. The molecule has 0 fully saturated rings. The lowest BCUT2D eigenvalue weighted by Gasteiger charge is -2.13. The van der Waals surface area contributed by atoms with E-state index in [0.29, 0.717) is 17.2 Å². The van der Waals surface area contributed by atoms with Crippen molar-refractivity contribution in [1.82, 2.24) is 25.1 Å². The van der Waals surface area contributed by atoms with Gasteiger partial charge in [0.15, 0.2) is 0 Å². The van der Waals surface area contributed by atoms with E-state index in [-0.39, 0.29) is 18.2 Å². The molecule has 0 aliphatic carbocycles. The zero-order chi connectivity index (χ0) is 22.0. The molecule has 0 radical (unpaired) electrons. The van der Waals surface area contributed by atoms with Crippen molar-refractivity contribution in [3.8, 4) is 5.95 Å². The second kappa shape index (κ2) is 8.44. The van der Waals surface area contributed by atoms with Gasteiger partial charge in [0.2, 0.25) is 5.91 Å². The number of hydrogen-bond donors (Lipinski definition) is 2. The molecule has 0 saturated heterocycles. The molecule has 0 atom stereocenters. The maximum Gasteiger partial charge on any atom is 0.253 e. The van der Waals surface area contributed by atoms with Crippen LogP contribution in [-0.2, 0) is 11.2 Å². The van der Waals surface area contributed by atoms with Crippen molar-refractivity contribution in [2.45, 2.75) is 41.0 Å². The van der Waals surface area contributed by atoms with E-state index in [4.69, 9.17) is 0 Å². The van der Waals surface area contributed by atoms with Crippen LogP contribution in [-0.4, -0.2) is 38.6 Å². The standard InChI is InChI=1S/C22H26N6O2/c1-12-8-7-9-18(20(12)21(30)23-6)26-19(29)11-17-15(4)27-28(16(17)5)22-24-13(2)10-14(3)25-22/h7-10H,11H2,1-6H3,(H,23,30)(H,26,29). The van der Waals surface area contributed by atoms with Gasteiger partial charge in [-0.1, -0.05) is 12.1 Å². The Morgan fingerprint density at radius 1 is 1.03 bits per heavy atom. The zero-order valence-corrected chi connectivity index (χ0v) is 18.1. The van der Waals surface area contributed by atoms with Crippen LogP contribution >= 0.6 is 0 Å². The summed E-state index contributed by atoms with van der Waals surface area (Å²) in [6.07, 6.45) is 0.129. The molecular weight excluding hydrogens is 380 g/mol. The summed E-state index contributed by atoms with van der Waals surface area (Å²) in [6.45, 7) is 9.40. The third-order valence-corrected chi connectivity index (χ3v) is 4.94. The zero-order valence-electron chi connectivity index (χ0n) is 18.1. The highest BCUT2D eigenvalue weighted by Crippen LogP contribution is 2.21. The summed E-state index contributed by atoms with van der Waals surface area (Å²) in [5.74, 6) is 0.0220. The van der Waals surface area contributed by atoms with Crippen molar-refractivity contribution >= 4 is 17.5 Å². The first-order chi connectivity index (χ1) is 14.2.